The van der Waals surface area contributed by atoms with Gasteiger partial charge in [0, 0.05) is 5.69 Å². The Morgan fingerprint density at radius 2 is 1.81 bits per heavy atom. The van der Waals surface area contributed by atoms with E-state index in [1.165, 1.54) is 22.8 Å². The molecule has 1 aromatic carbocycles. The van der Waals surface area contributed by atoms with Gasteiger partial charge in [0.2, 0.25) is 0 Å². The van der Waals surface area contributed by atoms with Crippen LogP contribution in [0.5, 0.6) is 0 Å². The van der Waals surface area contributed by atoms with Crippen molar-refractivity contribution in [1.82, 2.24) is 4.57 Å². The van der Waals surface area contributed by atoms with Crippen LogP contribution in [0.15, 0.2) is 41.2 Å². The third-order valence-electron chi connectivity index (χ3n) is 3.28. The second-order valence-corrected chi connectivity index (χ2v) is 5.15. The summed E-state index contributed by atoms with van der Waals surface area (Å²) in [6, 6.07) is 8.78. The molecule has 21 heavy (non-hydrogen) atoms. The van der Waals surface area contributed by atoms with E-state index in [1.807, 2.05) is 13.8 Å². The maximum atomic E-state index is 12.9. The Balaban J connectivity index is 2.53. The largest absolute Gasteiger partial charge is 0.477 e. The molecular weight excluding hydrogens is 273 g/mol. The van der Waals surface area contributed by atoms with Crippen LogP contribution in [-0.4, -0.2) is 15.6 Å². The fourth-order valence-corrected chi connectivity index (χ4v) is 2.19. The predicted molar refractivity (Wildman–Crippen MR) is 77.3 cm³/mol. The van der Waals surface area contributed by atoms with Crippen molar-refractivity contribution in [2.45, 2.75) is 26.3 Å². The molecule has 0 unspecified atom stereocenters. The highest BCUT2D eigenvalue weighted by atomic mass is 19.1. The number of hydrogen-bond donors (Lipinski definition) is 1. The van der Waals surface area contributed by atoms with E-state index in [0.29, 0.717) is 0 Å². The quantitative estimate of drug-likeness (QED) is 0.941. The fourth-order valence-electron chi connectivity index (χ4n) is 2.19. The van der Waals surface area contributed by atoms with Gasteiger partial charge in [-0.25, -0.2) is 9.18 Å². The summed E-state index contributed by atoms with van der Waals surface area (Å²) in [5, 5.41) is 9.06. The minimum absolute atomic E-state index is 0.0704. The lowest BCUT2D eigenvalue weighted by molar-refractivity contribution is 0.0694. The van der Waals surface area contributed by atoms with E-state index in [1.54, 1.807) is 18.2 Å². The van der Waals surface area contributed by atoms with Gasteiger partial charge < -0.3 is 9.67 Å². The van der Waals surface area contributed by atoms with Crippen LogP contribution in [-0.2, 0) is 6.54 Å². The number of rotatable bonds is 4. The van der Waals surface area contributed by atoms with Gasteiger partial charge in [0.05, 0.1) is 6.54 Å². The molecule has 1 aromatic heterocycles. The highest BCUT2D eigenvalue weighted by Crippen LogP contribution is 2.15. The van der Waals surface area contributed by atoms with Gasteiger partial charge in [0.25, 0.3) is 5.56 Å². The lowest BCUT2D eigenvalue weighted by atomic mass is 10.1. The van der Waals surface area contributed by atoms with Crippen LogP contribution in [0.1, 0.15) is 41.4 Å². The Hall–Kier alpha value is -2.43. The van der Waals surface area contributed by atoms with Gasteiger partial charge in [-0.2, -0.15) is 0 Å². The molecule has 0 aliphatic heterocycles. The number of hydrogen-bond acceptors (Lipinski definition) is 2. The Morgan fingerprint density at radius 1 is 1.19 bits per heavy atom. The number of pyridine rings is 1. The highest BCUT2D eigenvalue weighted by Gasteiger charge is 2.15. The molecule has 0 bridgehead atoms. The molecule has 2 rings (SSSR count). The molecule has 0 spiro atoms. The third-order valence-corrected chi connectivity index (χ3v) is 3.28. The summed E-state index contributed by atoms with van der Waals surface area (Å²) >= 11 is 0. The van der Waals surface area contributed by atoms with Crippen molar-refractivity contribution in [1.29, 1.82) is 0 Å². The first kappa shape index (κ1) is 15.0. The number of carbonyl (C=O) groups is 1. The van der Waals surface area contributed by atoms with Gasteiger partial charge in [0.15, 0.2) is 0 Å². The Labute approximate surface area is 121 Å². The molecule has 0 aliphatic carbocycles. The minimum Gasteiger partial charge on any atom is -0.477 e. The molecule has 4 nitrogen and oxygen atoms in total. The average Bonchev–Trinajstić information content (AvgIpc) is 2.42. The second kappa shape index (κ2) is 5.91. The highest BCUT2D eigenvalue weighted by molar-refractivity contribution is 5.87. The van der Waals surface area contributed by atoms with E-state index < -0.39 is 11.5 Å². The van der Waals surface area contributed by atoms with E-state index in [2.05, 4.69) is 0 Å². The summed E-state index contributed by atoms with van der Waals surface area (Å²) in [6.07, 6.45) is 0. The van der Waals surface area contributed by atoms with Crippen molar-refractivity contribution in [3.05, 3.63) is 69.4 Å². The van der Waals surface area contributed by atoms with Crippen molar-refractivity contribution in [2.24, 2.45) is 0 Å². The molecule has 0 amide bonds. The number of nitrogens with zero attached hydrogens (tertiary/aromatic N) is 1. The van der Waals surface area contributed by atoms with Gasteiger partial charge in [-0.3, -0.25) is 4.79 Å². The maximum Gasteiger partial charge on any atom is 0.341 e. The first-order chi connectivity index (χ1) is 9.90. The zero-order chi connectivity index (χ0) is 15.6. The molecule has 1 heterocycles. The van der Waals surface area contributed by atoms with E-state index in [4.69, 9.17) is 5.11 Å². The number of benzene rings is 1. The Bertz CT molecular complexity index is 717. The number of aromatic nitrogens is 1. The molecule has 0 saturated heterocycles. The smallest absolute Gasteiger partial charge is 0.341 e. The van der Waals surface area contributed by atoms with E-state index >= 15 is 0 Å². The van der Waals surface area contributed by atoms with Gasteiger partial charge in [-0.15, -0.1) is 0 Å². The van der Waals surface area contributed by atoms with E-state index in [0.717, 1.165) is 11.3 Å². The van der Waals surface area contributed by atoms with Crippen LogP contribution < -0.4 is 5.56 Å². The molecule has 0 saturated carbocycles. The summed E-state index contributed by atoms with van der Waals surface area (Å²) in [5.41, 5.74) is 0.678. The summed E-state index contributed by atoms with van der Waals surface area (Å²) in [7, 11) is 0. The minimum atomic E-state index is -1.25. The number of halogens is 1. The second-order valence-electron chi connectivity index (χ2n) is 5.15. The summed E-state index contributed by atoms with van der Waals surface area (Å²) < 4.78 is 14.4. The monoisotopic (exact) mass is 289 g/mol. The fraction of sp³-hybridized carbons (Fsp3) is 0.250. The van der Waals surface area contributed by atoms with Gasteiger partial charge in [0.1, 0.15) is 11.4 Å². The molecule has 0 aliphatic rings. The van der Waals surface area contributed by atoms with Crippen LogP contribution in [0.2, 0.25) is 0 Å². The molecule has 0 radical (unpaired) electrons. The number of carboxylic acids is 1. The van der Waals surface area contributed by atoms with Gasteiger partial charge in [-0.05, 0) is 35.7 Å². The topological polar surface area (TPSA) is 59.3 Å². The van der Waals surface area contributed by atoms with Crippen LogP contribution >= 0.6 is 0 Å². The summed E-state index contributed by atoms with van der Waals surface area (Å²) in [6.45, 7) is 4.07. The van der Waals surface area contributed by atoms with Crippen LogP contribution in [0, 0.1) is 5.82 Å². The molecule has 1 N–H and O–H groups in total. The molecule has 0 atom stereocenters. The average molecular weight is 289 g/mol. The zero-order valence-corrected chi connectivity index (χ0v) is 11.8. The van der Waals surface area contributed by atoms with Crippen molar-refractivity contribution < 1.29 is 14.3 Å². The third kappa shape index (κ3) is 3.18. The summed E-state index contributed by atoms with van der Waals surface area (Å²) in [5.74, 6) is -1.53. The Kier molecular flexibility index (Phi) is 4.21. The molecule has 110 valence electrons. The normalized spacial score (nSPS) is 10.9. The molecule has 2 aromatic rings. The van der Waals surface area contributed by atoms with Gasteiger partial charge in [-0.1, -0.05) is 26.0 Å². The molecule has 5 heteroatoms. The van der Waals surface area contributed by atoms with Crippen LogP contribution in [0.25, 0.3) is 0 Å². The van der Waals surface area contributed by atoms with Crippen molar-refractivity contribution in [2.75, 3.05) is 0 Å². The van der Waals surface area contributed by atoms with Crippen LogP contribution in [0.4, 0.5) is 4.39 Å². The first-order valence-corrected chi connectivity index (χ1v) is 6.61. The summed E-state index contributed by atoms with van der Waals surface area (Å²) in [4.78, 5) is 23.4. The zero-order valence-electron chi connectivity index (χ0n) is 11.8. The van der Waals surface area contributed by atoms with Crippen molar-refractivity contribution in [3.8, 4) is 0 Å². The van der Waals surface area contributed by atoms with E-state index in [-0.39, 0.29) is 23.8 Å². The van der Waals surface area contributed by atoms with Crippen molar-refractivity contribution in [3.63, 3.8) is 0 Å². The lowest BCUT2D eigenvalue weighted by Crippen LogP contribution is -2.29. The molecular formula is C16H16FNO3. The van der Waals surface area contributed by atoms with Crippen molar-refractivity contribution >= 4 is 5.97 Å². The number of aromatic carboxylic acids is 1. The standard InChI is InChI=1S/C16H16FNO3/c1-10(2)14-8-7-13(16(20)21)15(19)18(14)9-11-3-5-12(17)6-4-11/h3-8,10H,9H2,1-2H3,(H,20,21). The predicted octanol–water partition coefficient (Wildman–Crippen LogP) is 2.86. The first-order valence-electron chi connectivity index (χ1n) is 6.61. The number of carboxylic acid groups (broad SMARTS) is 1. The molecule has 0 fully saturated rings. The lowest BCUT2D eigenvalue weighted by Gasteiger charge is -2.16. The van der Waals surface area contributed by atoms with Crippen LogP contribution in [0.3, 0.4) is 0 Å². The van der Waals surface area contributed by atoms with Gasteiger partial charge >= 0.3 is 5.97 Å². The Morgan fingerprint density at radius 3 is 2.33 bits per heavy atom. The maximum absolute atomic E-state index is 12.9. The van der Waals surface area contributed by atoms with E-state index in [9.17, 15) is 14.0 Å². The SMILES string of the molecule is CC(C)c1ccc(C(=O)O)c(=O)n1Cc1ccc(F)cc1.